The Hall–Kier alpha value is -0.580. The monoisotopic (exact) mass is 253 g/mol. The van der Waals surface area contributed by atoms with Crippen molar-refractivity contribution in [2.75, 3.05) is 0 Å². The average molecular weight is 254 g/mol. The number of hydrogen-bond donors (Lipinski definition) is 0. The third kappa shape index (κ3) is 2.02. The maximum atomic E-state index is 12.4. The number of halogens is 4. The molecule has 13 heavy (non-hydrogen) atoms. The van der Waals surface area contributed by atoms with Crippen molar-refractivity contribution < 1.29 is 13.2 Å². The minimum absolute atomic E-state index is 0.00928. The number of aromatic nitrogens is 1. The molecule has 0 unspecified atom stereocenters. The van der Waals surface area contributed by atoms with Crippen LogP contribution in [0, 0.1) is 13.8 Å². The molecule has 0 saturated heterocycles. The molecule has 5 heteroatoms. The van der Waals surface area contributed by atoms with E-state index in [1.165, 1.54) is 13.1 Å². The second-order valence-electron chi connectivity index (χ2n) is 2.71. The number of aryl methyl sites for hydroxylation is 2. The van der Waals surface area contributed by atoms with E-state index in [1.807, 2.05) is 0 Å². The van der Waals surface area contributed by atoms with Crippen LogP contribution in [-0.4, -0.2) is 4.98 Å². The van der Waals surface area contributed by atoms with E-state index < -0.39 is 11.7 Å². The van der Waals surface area contributed by atoms with Crippen LogP contribution < -0.4 is 0 Å². The molecule has 0 aliphatic carbocycles. The van der Waals surface area contributed by atoms with Gasteiger partial charge in [-0.25, -0.2) is 0 Å². The molecule has 1 nitrogen and oxygen atoms in total. The maximum Gasteiger partial charge on any atom is 0.419 e. The Balaban J connectivity index is 3.43. The molecule has 0 N–H and O–H groups in total. The minimum atomic E-state index is -4.35. The van der Waals surface area contributed by atoms with Gasteiger partial charge in [0.25, 0.3) is 0 Å². The van der Waals surface area contributed by atoms with Crippen LogP contribution in [0.5, 0.6) is 0 Å². The van der Waals surface area contributed by atoms with Gasteiger partial charge < -0.3 is 0 Å². The third-order valence-electron chi connectivity index (χ3n) is 1.66. The summed E-state index contributed by atoms with van der Waals surface area (Å²) in [5.74, 6) is 0. The van der Waals surface area contributed by atoms with Crippen molar-refractivity contribution >= 4 is 15.9 Å². The molecule has 0 saturated carbocycles. The van der Waals surface area contributed by atoms with Gasteiger partial charge in [-0.3, -0.25) is 4.98 Å². The first-order valence-electron chi connectivity index (χ1n) is 3.53. The van der Waals surface area contributed by atoms with Crippen LogP contribution in [0.15, 0.2) is 10.7 Å². The molecule has 0 aliphatic rings. The van der Waals surface area contributed by atoms with Crippen molar-refractivity contribution in [3.8, 4) is 0 Å². The fourth-order valence-electron chi connectivity index (χ4n) is 1.00. The van der Waals surface area contributed by atoms with E-state index in [2.05, 4.69) is 20.9 Å². The maximum absolute atomic E-state index is 12.4. The zero-order valence-corrected chi connectivity index (χ0v) is 8.62. The molecule has 1 heterocycles. The highest BCUT2D eigenvalue weighted by atomic mass is 79.9. The predicted octanol–water partition coefficient (Wildman–Crippen LogP) is 3.48. The van der Waals surface area contributed by atoms with Gasteiger partial charge in [0.05, 0.1) is 11.3 Å². The molecule has 1 rings (SSSR count). The molecule has 0 aromatic carbocycles. The lowest BCUT2D eigenvalue weighted by atomic mass is 10.1. The van der Waals surface area contributed by atoms with Crippen LogP contribution in [0.1, 0.15) is 16.8 Å². The highest BCUT2D eigenvalue weighted by Gasteiger charge is 2.35. The highest BCUT2D eigenvalue weighted by molar-refractivity contribution is 9.10. The van der Waals surface area contributed by atoms with E-state index in [9.17, 15) is 13.2 Å². The summed E-state index contributed by atoms with van der Waals surface area (Å²) in [6, 6.07) is 0. The molecule has 0 fully saturated rings. The lowest BCUT2D eigenvalue weighted by Gasteiger charge is -2.12. The summed E-state index contributed by atoms with van der Waals surface area (Å²) in [5, 5.41) is 0. The van der Waals surface area contributed by atoms with Gasteiger partial charge in [-0.05, 0) is 35.3 Å². The molecule has 1 aromatic heterocycles. The van der Waals surface area contributed by atoms with Crippen LogP contribution in [0.25, 0.3) is 0 Å². The smallest absolute Gasteiger partial charge is 0.261 e. The first-order chi connectivity index (χ1) is 5.84. The SMILES string of the molecule is Cc1cnc(C)c(C(F)(F)F)c1Br. The quantitative estimate of drug-likeness (QED) is 0.690. The first-order valence-corrected chi connectivity index (χ1v) is 4.32. The van der Waals surface area contributed by atoms with E-state index in [0.29, 0.717) is 5.56 Å². The molecular weight excluding hydrogens is 247 g/mol. The number of pyridine rings is 1. The topological polar surface area (TPSA) is 12.9 Å². The van der Waals surface area contributed by atoms with Crippen molar-refractivity contribution in [2.24, 2.45) is 0 Å². The Kier molecular flexibility index (Phi) is 2.66. The molecule has 72 valence electrons. The number of nitrogens with zero attached hydrogens (tertiary/aromatic N) is 1. The van der Waals surface area contributed by atoms with E-state index in [-0.39, 0.29) is 10.2 Å². The Morgan fingerprint density at radius 1 is 1.31 bits per heavy atom. The fraction of sp³-hybridized carbons (Fsp3) is 0.375. The Labute approximate surface area is 82.1 Å². The third-order valence-corrected chi connectivity index (χ3v) is 2.68. The van der Waals surface area contributed by atoms with Gasteiger partial charge in [-0.15, -0.1) is 0 Å². The van der Waals surface area contributed by atoms with Crippen molar-refractivity contribution in [1.82, 2.24) is 4.98 Å². The summed E-state index contributed by atoms with van der Waals surface area (Å²) in [4.78, 5) is 3.66. The molecule has 0 bridgehead atoms. The fourth-order valence-corrected chi connectivity index (χ4v) is 1.61. The number of hydrogen-bond acceptors (Lipinski definition) is 1. The van der Waals surface area contributed by atoms with Gasteiger partial charge in [0.15, 0.2) is 0 Å². The van der Waals surface area contributed by atoms with E-state index in [1.54, 1.807) is 6.92 Å². The Morgan fingerprint density at radius 2 is 1.85 bits per heavy atom. The van der Waals surface area contributed by atoms with Gasteiger partial charge >= 0.3 is 6.18 Å². The lowest BCUT2D eigenvalue weighted by molar-refractivity contribution is -0.139. The van der Waals surface area contributed by atoms with E-state index >= 15 is 0 Å². The normalized spacial score (nSPS) is 11.8. The van der Waals surface area contributed by atoms with Gasteiger partial charge in [0.2, 0.25) is 0 Å². The molecule has 0 atom stereocenters. The second kappa shape index (κ2) is 3.29. The standard InChI is InChI=1S/C8H7BrF3N/c1-4-3-13-5(2)6(7(4)9)8(10,11)12/h3H,1-2H3. The molecule has 0 radical (unpaired) electrons. The molecule has 0 aliphatic heterocycles. The second-order valence-corrected chi connectivity index (χ2v) is 3.51. The summed E-state index contributed by atoms with van der Waals surface area (Å²) in [6.07, 6.45) is -2.93. The van der Waals surface area contributed by atoms with Crippen molar-refractivity contribution in [1.29, 1.82) is 0 Å². The van der Waals surface area contributed by atoms with Crippen molar-refractivity contribution in [3.05, 3.63) is 27.5 Å². The lowest BCUT2D eigenvalue weighted by Crippen LogP contribution is -2.10. The van der Waals surface area contributed by atoms with Crippen molar-refractivity contribution in [3.63, 3.8) is 0 Å². The zero-order valence-electron chi connectivity index (χ0n) is 7.04. The van der Waals surface area contributed by atoms with E-state index in [0.717, 1.165) is 0 Å². The highest BCUT2D eigenvalue weighted by Crippen LogP contribution is 2.37. The van der Waals surface area contributed by atoms with Crippen LogP contribution in [0.3, 0.4) is 0 Å². The molecule has 0 amide bonds. The summed E-state index contributed by atoms with van der Waals surface area (Å²) in [6.45, 7) is 2.92. The summed E-state index contributed by atoms with van der Waals surface area (Å²) in [5.41, 5.74) is -0.213. The molecular formula is C8H7BrF3N. The van der Waals surface area contributed by atoms with Crippen LogP contribution in [0.4, 0.5) is 13.2 Å². The van der Waals surface area contributed by atoms with Gasteiger partial charge in [-0.1, -0.05) is 0 Å². The van der Waals surface area contributed by atoms with Crippen molar-refractivity contribution in [2.45, 2.75) is 20.0 Å². The molecule has 1 aromatic rings. The summed E-state index contributed by atoms with van der Waals surface area (Å²) < 4.78 is 37.3. The number of rotatable bonds is 0. The Morgan fingerprint density at radius 3 is 2.23 bits per heavy atom. The van der Waals surface area contributed by atoms with Crippen LogP contribution in [-0.2, 0) is 6.18 Å². The Bertz CT molecular complexity index is 333. The zero-order chi connectivity index (χ0) is 10.2. The average Bonchev–Trinajstić information content (AvgIpc) is 1.95. The van der Waals surface area contributed by atoms with Crippen LogP contribution in [0.2, 0.25) is 0 Å². The summed E-state index contributed by atoms with van der Waals surface area (Å²) in [7, 11) is 0. The largest absolute Gasteiger partial charge is 0.419 e. The predicted molar refractivity (Wildman–Crippen MR) is 46.4 cm³/mol. The van der Waals surface area contributed by atoms with Gasteiger partial charge in [-0.2, -0.15) is 13.2 Å². The summed E-state index contributed by atoms with van der Waals surface area (Å²) >= 11 is 2.91. The first kappa shape index (κ1) is 10.5. The minimum Gasteiger partial charge on any atom is -0.261 e. The molecule has 0 spiro atoms. The van der Waals surface area contributed by atoms with E-state index in [4.69, 9.17) is 0 Å². The van der Waals surface area contributed by atoms with Gasteiger partial charge in [0, 0.05) is 10.7 Å². The number of alkyl halides is 3. The van der Waals surface area contributed by atoms with Crippen LogP contribution >= 0.6 is 15.9 Å². The van der Waals surface area contributed by atoms with Gasteiger partial charge in [0.1, 0.15) is 0 Å².